The molecule has 1 heterocycles. The molecule has 0 atom stereocenters. The van der Waals surface area contributed by atoms with Gasteiger partial charge in [0.05, 0.1) is 23.3 Å². The van der Waals surface area contributed by atoms with Crippen molar-refractivity contribution in [1.29, 1.82) is 0 Å². The first-order valence-corrected chi connectivity index (χ1v) is 8.97. The molecule has 0 fully saturated rings. The maximum Gasteiger partial charge on any atom is 0.339 e. The van der Waals surface area contributed by atoms with Gasteiger partial charge in [0, 0.05) is 18.3 Å². The van der Waals surface area contributed by atoms with Gasteiger partial charge in [-0.05, 0) is 29.8 Å². The van der Waals surface area contributed by atoms with Crippen LogP contribution in [-0.4, -0.2) is 28.6 Å². The number of benzene rings is 2. The van der Waals surface area contributed by atoms with E-state index in [9.17, 15) is 24.5 Å². The molecule has 10 heteroatoms. The fraction of sp³-hybridized carbons (Fsp3) is 0.0952. The number of amides is 1. The van der Waals surface area contributed by atoms with Gasteiger partial charge >= 0.3 is 5.97 Å². The SMILES string of the molecule is COC(=O)c1ccccc1NC(=O)c1cccn(OCc2cccc([N+](=O)[O-])c2)c1=O. The number of nitro groups is 1. The Morgan fingerprint density at radius 1 is 1.06 bits per heavy atom. The van der Waals surface area contributed by atoms with Crippen molar-refractivity contribution in [3.63, 3.8) is 0 Å². The summed E-state index contributed by atoms with van der Waals surface area (Å²) in [5.41, 5.74) is -0.265. The molecule has 0 radical (unpaired) electrons. The van der Waals surface area contributed by atoms with Crippen molar-refractivity contribution >= 4 is 23.3 Å². The predicted molar refractivity (Wildman–Crippen MR) is 110 cm³/mol. The van der Waals surface area contributed by atoms with Gasteiger partial charge in [-0.3, -0.25) is 19.7 Å². The van der Waals surface area contributed by atoms with Crippen molar-refractivity contribution in [1.82, 2.24) is 4.73 Å². The minimum absolute atomic E-state index is 0.106. The van der Waals surface area contributed by atoms with Gasteiger partial charge in [0.25, 0.3) is 17.2 Å². The van der Waals surface area contributed by atoms with E-state index in [1.54, 1.807) is 18.2 Å². The third-order valence-corrected chi connectivity index (χ3v) is 4.23. The third kappa shape index (κ3) is 4.93. The van der Waals surface area contributed by atoms with E-state index in [2.05, 4.69) is 10.1 Å². The highest BCUT2D eigenvalue weighted by Crippen LogP contribution is 2.17. The summed E-state index contributed by atoms with van der Waals surface area (Å²) >= 11 is 0. The molecule has 0 aliphatic heterocycles. The quantitative estimate of drug-likeness (QED) is 0.351. The average Bonchev–Trinajstić information content (AvgIpc) is 2.78. The van der Waals surface area contributed by atoms with Gasteiger partial charge in [-0.1, -0.05) is 24.3 Å². The normalized spacial score (nSPS) is 10.2. The molecule has 0 saturated carbocycles. The number of anilines is 1. The first kappa shape index (κ1) is 21.2. The first-order chi connectivity index (χ1) is 14.9. The smallest absolute Gasteiger partial charge is 0.339 e. The lowest BCUT2D eigenvalue weighted by atomic mass is 10.1. The van der Waals surface area contributed by atoms with Crippen LogP contribution in [0.2, 0.25) is 0 Å². The Labute approximate surface area is 175 Å². The number of hydrogen-bond acceptors (Lipinski definition) is 7. The molecule has 0 aliphatic carbocycles. The van der Waals surface area contributed by atoms with E-state index in [4.69, 9.17) is 4.84 Å². The van der Waals surface area contributed by atoms with Gasteiger partial charge in [0.2, 0.25) is 0 Å². The fourth-order valence-electron chi connectivity index (χ4n) is 2.72. The molecule has 2 aromatic carbocycles. The van der Waals surface area contributed by atoms with E-state index in [1.165, 1.54) is 55.8 Å². The summed E-state index contributed by atoms with van der Waals surface area (Å²) in [6.45, 7) is -0.127. The van der Waals surface area contributed by atoms with Gasteiger partial charge in [0.15, 0.2) is 0 Å². The van der Waals surface area contributed by atoms with Crippen LogP contribution in [0.15, 0.2) is 71.7 Å². The van der Waals surface area contributed by atoms with Crippen LogP contribution in [0.3, 0.4) is 0 Å². The zero-order valence-corrected chi connectivity index (χ0v) is 16.3. The van der Waals surface area contributed by atoms with Crippen molar-refractivity contribution in [2.75, 3.05) is 12.4 Å². The predicted octanol–water partition coefficient (Wildman–Crippen LogP) is 2.42. The Bertz CT molecular complexity index is 1200. The molecule has 0 spiro atoms. The minimum atomic E-state index is -0.741. The molecule has 158 valence electrons. The maximum absolute atomic E-state index is 12.6. The zero-order chi connectivity index (χ0) is 22.4. The Kier molecular flexibility index (Phi) is 6.41. The molecule has 1 amide bonds. The van der Waals surface area contributed by atoms with E-state index in [0.29, 0.717) is 5.56 Å². The van der Waals surface area contributed by atoms with E-state index >= 15 is 0 Å². The molecule has 0 unspecified atom stereocenters. The topological polar surface area (TPSA) is 130 Å². The Balaban J connectivity index is 1.79. The lowest BCUT2D eigenvalue weighted by molar-refractivity contribution is -0.384. The van der Waals surface area contributed by atoms with Crippen LogP contribution in [0.1, 0.15) is 26.3 Å². The fourth-order valence-corrected chi connectivity index (χ4v) is 2.72. The molecule has 1 aromatic heterocycles. The Morgan fingerprint density at radius 3 is 2.55 bits per heavy atom. The second-order valence-corrected chi connectivity index (χ2v) is 6.24. The van der Waals surface area contributed by atoms with Crippen molar-refractivity contribution in [3.05, 3.63) is 104 Å². The number of esters is 1. The first-order valence-electron chi connectivity index (χ1n) is 8.97. The summed E-state index contributed by atoms with van der Waals surface area (Å²) in [5.74, 6) is -1.38. The summed E-state index contributed by atoms with van der Waals surface area (Å²) < 4.78 is 5.55. The second-order valence-electron chi connectivity index (χ2n) is 6.24. The van der Waals surface area contributed by atoms with Gasteiger partial charge in [0.1, 0.15) is 12.2 Å². The molecule has 0 saturated heterocycles. The molecule has 10 nitrogen and oxygen atoms in total. The van der Waals surface area contributed by atoms with Crippen molar-refractivity contribution in [2.24, 2.45) is 0 Å². The molecular weight excluding hydrogens is 406 g/mol. The lowest BCUT2D eigenvalue weighted by Gasteiger charge is -2.11. The molecular formula is C21H17N3O7. The maximum atomic E-state index is 12.6. The zero-order valence-electron chi connectivity index (χ0n) is 16.3. The number of rotatable bonds is 7. The van der Waals surface area contributed by atoms with Crippen LogP contribution in [0.4, 0.5) is 11.4 Å². The number of ether oxygens (including phenoxy) is 1. The number of carbonyl (C=O) groups is 2. The van der Waals surface area contributed by atoms with Crippen molar-refractivity contribution in [2.45, 2.75) is 6.61 Å². The summed E-state index contributed by atoms with van der Waals surface area (Å²) in [6, 6.07) is 14.7. The van der Waals surface area contributed by atoms with E-state index < -0.39 is 22.4 Å². The standard InChI is InChI=1S/C21H17N3O7/c1-30-21(27)16-8-2-3-10-18(16)22-19(25)17-9-5-11-23(20(17)26)31-13-14-6-4-7-15(12-14)24(28)29/h2-12H,13H2,1H3,(H,22,25). The van der Waals surface area contributed by atoms with E-state index in [-0.39, 0.29) is 29.1 Å². The highest BCUT2D eigenvalue weighted by atomic mass is 16.7. The molecule has 31 heavy (non-hydrogen) atoms. The van der Waals surface area contributed by atoms with Gasteiger partial charge in [-0.2, -0.15) is 4.73 Å². The number of non-ortho nitro benzene ring substituents is 1. The van der Waals surface area contributed by atoms with E-state index in [0.717, 1.165) is 4.73 Å². The van der Waals surface area contributed by atoms with Crippen LogP contribution in [0.5, 0.6) is 0 Å². The van der Waals surface area contributed by atoms with Crippen molar-refractivity contribution < 1.29 is 24.1 Å². The Morgan fingerprint density at radius 2 is 1.81 bits per heavy atom. The van der Waals surface area contributed by atoms with Crippen molar-refractivity contribution in [3.8, 4) is 0 Å². The van der Waals surface area contributed by atoms with Crippen LogP contribution in [-0.2, 0) is 11.3 Å². The Hall–Kier alpha value is -4.47. The average molecular weight is 423 g/mol. The lowest BCUT2D eigenvalue weighted by Crippen LogP contribution is -2.32. The minimum Gasteiger partial charge on any atom is -0.465 e. The highest BCUT2D eigenvalue weighted by molar-refractivity contribution is 6.07. The van der Waals surface area contributed by atoms with Crippen LogP contribution in [0, 0.1) is 10.1 Å². The van der Waals surface area contributed by atoms with Crippen LogP contribution in [0.25, 0.3) is 0 Å². The number of aromatic nitrogens is 1. The summed E-state index contributed by atoms with van der Waals surface area (Å²) in [4.78, 5) is 52.9. The molecule has 3 rings (SSSR count). The summed E-state index contributed by atoms with van der Waals surface area (Å²) in [5, 5.41) is 13.4. The molecule has 0 bridgehead atoms. The summed E-state index contributed by atoms with van der Waals surface area (Å²) in [6.07, 6.45) is 1.32. The number of nitrogens with zero attached hydrogens (tertiary/aromatic N) is 2. The number of methoxy groups -OCH3 is 1. The number of nitrogens with one attached hydrogen (secondary N) is 1. The molecule has 3 aromatic rings. The van der Waals surface area contributed by atoms with Crippen LogP contribution >= 0.6 is 0 Å². The van der Waals surface area contributed by atoms with Crippen LogP contribution < -0.4 is 15.7 Å². The number of para-hydroxylation sites is 1. The largest absolute Gasteiger partial charge is 0.465 e. The number of hydrogen-bond donors (Lipinski definition) is 1. The number of pyridine rings is 1. The highest BCUT2D eigenvalue weighted by Gasteiger charge is 2.17. The summed E-state index contributed by atoms with van der Waals surface area (Å²) in [7, 11) is 1.22. The molecule has 0 aliphatic rings. The second kappa shape index (κ2) is 9.35. The van der Waals surface area contributed by atoms with E-state index in [1.807, 2.05) is 0 Å². The number of carbonyl (C=O) groups excluding carboxylic acids is 2. The van der Waals surface area contributed by atoms with Gasteiger partial charge < -0.3 is 14.9 Å². The molecule has 1 N–H and O–H groups in total. The van der Waals surface area contributed by atoms with Gasteiger partial charge in [-0.25, -0.2) is 4.79 Å². The monoisotopic (exact) mass is 423 g/mol. The van der Waals surface area contributed by atoms with Gasteiger partial charge in [-0.15, -0.1) is 0 Å². The number of nitro benzene ring substituents is 1. The third-order valence-electron chi connectivity index (χ3n) is 4.23.